The van der Waals surface area contributed by atoms with Crippen LogP contribution in [-0.2, 0) is 9.84 Å². The van der Waals surface area contributed by atoms with Crippen molar-refractivity contribution < 1.29 is 8.42 Å². The standard InChI is InChI=1S/C11H15Cl2NO2S/c1-8(14-2)6-7-17(15,16)11-9(12)4-3-5-10(11)13/h3-5,8,14H,6-7H2,1-2H3. The van der Waals surface area contributed by atoms with Gasteiger partial charge in [0.05, 0.1) is 15.8 Å². The van der Waals surface area contributed by atoms with Crippen molar-refractivity contribution in [3.63, 3.8) is 0 Å². The van der Waals surface area contributed by atoms with E-state index in [0.29, 0.717) is 6.42 Å². The molecule has 1 aromatic rings. The molecule has 0 spiro atoms. The second-order valence-corrected chi connectivity index (χ2v) is 6.71. The van der Waals surface area contributed by atoms with Gasteiger partial charge in [0, 0.05) is 6.04 Å². The zero-order valence-electron chi connectivity index (χ0n) is 9.70. The fourth-order valence-electron chi connectivity index (χ4n) is 1.36. The van der Waals surface area contributed by atoms with Gasteiger partial charge in [0.25, 0.3) is 0 Å². The van der Waals surface area contributed by atoms with Gasteiger partial charge in [0.15, 0.2) is 9.84 Å². The Morgan fingerprint density at radius 2 is 1.82 bits per heavy atom. The number of hydrogen-bond donors (Lipinski definition) is 1. The van der Waals surface area contributed by atoms with Gasteiger partial charge in [0.1, 0.15) is 4.90 Å². The Labute approximate surface area is 112 Å². The Morgan fingerprint density at radius 3 is 2.29 bits per heavy atom. The second kappa shape index (κ2) is 6.05. The minimum Gasteiger partial charge on any atom is -0.317 e. The van der Waals surface area contributed by atoms with E-state index in [1.54, 1.807) is 13.1 Å². The summed E-state index contributed by atoms with van der Waals surface area (Å²) in [5.41, 5.74) is 0. The molecule has 0 aliphatic carbocycles. The molecule has 1 rings (SSSR count). The lowest BCUT2D eigenvalue weighted by atomic mass is 10.3. The largest absolute Gasteiger partial charge is 0.317 e. The third-order valence-corrected chi connectivity index (χ3v) is 5.23. The van der Waals surface area contributed by atoms with Crippen molar-refractivity contribution in [2.24, 2.45) is 0 Å². The molecule has 17 heavy (non-hydrogen) atoms. The van der Waals surface area contributed by atoms with Crippen LogP contribution in [0.4, 0.5) is 0 Å². The van der Waals surface area contributed by atoms with E-state index in [4.69, 9.17) is 23.2 Å². The molecule has 1 N–H and O–H groups in total. The predicted octanol–water partition coefficient (Wildman–Crippen LogP) is 2.77. The number of hydrogen-bond acceptors (Lipinski definition) is 3. The van der Waals surface area contributed by atoms with Gasteiger partial charge < -0.3 is 5.32 Å². The summed E-state index contributed by atoms with van der Waals surface area (Å²) >= 11 is 11.8. The molecule has 96 valence electrons. The van der Waals surface area contributed by atoms with Crippen LogP contribution >= 0.6 is 23.2 Å². The quantitative estimate of drug-likeness (QED) is 0.909. The van der Waals surface area contributed by atoms with Crippen LogP contribution in [0.5, 0.6) is 0 Å². The van der Waals surface area contributed by atoms with Crippen molar-refractivity contribution in [3.05, 3.63) is 28.2 Å². The summed E-state index contributed by atoms with van der Waals surface area (Å²) in [4.78, 5) is 0.0339. The molecule has 0 bridgehead atoms. The lowest BCUT2D eigenvalue weighted by molar-refractivity contribution is 0.565. The van der Waals surface area contributed by atoms with Crippen LogP contribution in [0.15, 0.2) is 23.1 Å². The smallest absolute Gasteiger partial charge is 0.181 e. The molecular formula is C11H15Cl2NO2S. The average molecular weight is 296 g/mol. The van der Waals surface area contributed by atoms with Gasteiger partial charge in [-0.25, -0.2) is 8.42 Å². The SMILES string of the molecule is CNC(C)CCS(=O)(=O)c1c(Cl)cccc1Cl. The van der Waals surface area contributed by atoms with Gasteiger partial charge in [0.2, 0.25) is 0 Å². The molecule has 1 atom stereocenters. The fraction of sp³-hybridized carbons (Fsp3) is 0.455. The van der Waals surface area contributed by atoms with E-state index >= 15 is 0 Å². The number of rotatable bonds is 5. The molecule has 0 aromatic heterocycles. The lowest BCUT2D eigenvalue weighted by Crippen LogP contribution is -2.24. The van der Waals surface area contributed by atoms with Crippen LogP contribution in [0.1, 0.15) is 13.3 Å². The van der Waals surface area contributed by atoms with Crippen LogP contribution in [0.3, 0.4) is 0 Å². The van der Waals surface area contributed by atoms with Crippen LogP contribution in [0.2, 0.25) is 10.0 Å². The normalized spacial score (nSPS) is 13.6. The number of nitrogens with one attached hydrogen (secondary N) is 1. The molecule has 0 amide bonds. The average Bonchev–Trinajstić information content (AvgIpc) is 2.25. The molecule has 0 aliphatic rings. The summed E-state index contributed by atoms with van der Waals surface area (Å²) in [7, 11) is -1.64. The highest BCUT2D eigenvalue weighted by Crippen LogP contribution is 2.30. The van der Waals surface area contributed by atoms with E-state index in [1.807, 2.05) is 6.92 Å². The maximum absolute atomic E-state index is 12.1. The zero-order valence-corrected chi connectivity index (χ0v) is 12.0. The highest BCUT2D eigenvalue weighted by atomic mass is 35.5. The van der Waals surface area contributed by atoms with Gasteiger partial charge in [-0.1, -0.05) is 29.3 Å². The van der Waals surface area contributed by atoms with Gasteiger partial charge in [-0.05, 0) is 32.5 Å². The zero-order chi connectivity index (χ0) is 13.1. The summed E-state index contributed by atoms with van der Waals surface area (Å²) in [5, 5.41) is 3.34. The third-order valence-electron chi connectivity index (χ3n) is 2.54. The number of benzene rings is 1. The van der Waals surface area contributed by atoms with Crippen molar-refractivity contribution in [1.29, 1.82) is 0 Å². The van der Waals surface area contributed by atoms with Gasteiger partial charge >= 0.3 is 0 Å². The molecule has 1 aromatic carbocycles. The lowest BCUT2D eigenvalue weighted by Gasteiger charge is -2.12. The van der Waals surface area contributed by atoms with Crippen molar-refractivity contribution in [2.75, 3.05) is 12.8 Å². The number of halogens is 2. The summed E-state index contributed by atoms with van der Waals surface area (Å²) in [6.07, 6.45) is 0.514. The first-order valence-electron chi connectivity index (χ1n) is 5.22. The van der Waals surface area contributed by atoms with Crippen molar-refractivity contribution in [3.8, 4) is 0 Å². The molecule has 0 heterocycles. The van der Waals surface area contributed by atoms with Gasteiger partial charge in [-0.2, -0.15) is 0 Å². The summed E-state index contributed by atoms with van der Waals surface area (Å²) in [6.45, 7) is 1.92. The molecule has 0 fully saturated rings. The molecular weight excluding hydrogens is 281 g/mol. The molecule has 0 saturated heterocycles. The first kappa shape index (κ1) is 14.8. The molecule has 6 heteroatoms. The minimum absolute atomic E-state index is 0.0262. The van der Waals surface area contributed by atoms with E-state index in [9.17, 15) is 8.42 Å². The summed E-state index contributed by atoms with van der Waals surface area (Å²) in [6, 6.07) is 4.81. The van der Waals surface area contributed by atoms with E-state index in [1.165, 1.54) is 12.1 Å². The maximum Gasteiger partial charge on any atom is 0.181 e. The Bertz CT molecular complexity index is 468. The van der Waals surface area contributed by atoms with E-state index in [-0.39, 0.29) is 26.7 Å². The maximum atomic E-state index is 12.1. The van der Waals surface area contributed by atoms with Gasteiger partial charge in [-0.3, -0.25) is 0 Å². The Hall–Kier alpha value is -0.290. The molecule has 3 nitrogen and oxygen atoms in total. The molecule has 0 saturated carbocycles. The highest BCUT2D eigenvalue weighted by Gasteiger charge is 2.21. The van der Waals surface area contributed by atoms with Crippen molar-refractivity contribution in [2.45, 2.75) is 24.3 Å². The molecule has 0 radical (unpaired) electrons. The van der Waals surface area contributed by atoms with Gasteiger partial charge in [-0.15, -0.1) is 0 Å². The van der Waals surface area contributed by atoms with E-state index < -0.39 is 9.84 Å². The van der Waals surface area contributed by atoms with Crippen LogP contribution in [0.25, 0.3) is 0 Å². The van der Waals surface area contributed by atoms with E-state index in [2.05, 4.69) is 5.32 Å². The molecule has 0 aliphatic heterocycles. The minimum atomic E-state index is -3.43. The molecule has 1 unspecified atom stereocenters. The Kier molecular flexibility index (Phi) is 5.25. The summed E-state index contributed by atoms with van der Waals surface area (Å²) < 4.78 is 24.2. The predicted molar refractivity (Wildman–Crippen MR) is 71.7 cm³/mol. The first-order chi connectivity index (χ1) is 7.88. The first-order valence-corrected chi connectivity index (χ1v) is 7.63. The Morgan fingerprint density at radius 1 is 1.29 bits per heavy atom. The fourth-order valence-corrected chi connectivity index (χ4v) is 4.06. The highest BCUT2D eigenvalue weighted by molar-refractivity contribution is 7.91. The van der Waals surface area contributed by atoms with E-state index in [0.717, 1.165) is 0 Å². The third kappa shape index (κ3) is 3.85. The Balaban J connectivity index is 2.98. The van der Waals surface area contributed by atoms with Crippen molar-refractivity contribution in [1.82, 2.24) is 5.32 Å². The van der Waals surface area contributed by atoms with Crippen LogP contribution in [0, 0.1) is 0 Å². The van der Waals surface area contributed by atoms with Crippen LogP contribution < -0.4 is 5.32 Å². The second-order valence-electron chi connectivity index (χ2n) is 3.85. The topological polar surface area (TPSA) is 46.2 Å². The van der Waals surface area contributed by atoms with Crippen molar-refractivity contribution >= 4 is 33.0 Å². The van der Waals surface area contributed by atoms with Crippen LogP contribution in [-0.4, -0.2) is 27.3 Å². The summed E-state index contributed by atoms with van der Waals surface area (Å²) in [5.74, 6) is 0.0262. The monoisotopic (exact) mass is 295 g/mol. The number of sulfone groups is 1.